The molecule has 0 bridgehead atoms. The average Bonchev–Trinajstić information content (AvgIpc) is 3.51. The number of halogens is 1. The summed E-state index contributed by atoms with van der Waals surface area (Å²) in [5.74, 6) is -0.736. The van der Waals surface area contributed by atoms with Crippen LogP contribution in [0.4, 0.5) is 4.39 Å². The lowest BCUT2D eigenvalue weighted by atomic mass is 10.2. The van der Waals surface area contributed by atoms with Gasteiger partial charge in [0.25, 0.3) is 0 Å². The molecular formula is C25H26FN5O5S. The molecule has 12 heteroatoms. The Hall–Kier alpha value is -3.90. The van der Waals surface area contributed by atoms with Crippen molar-refractivity contribution in [2.24, 2.45) is 0 Å². The minimum absolute atomic E-state index is 0.0204. The van der Waals surface area contributed by atoms with E-state index in [9.17, 15) is 14.3 Å². The van der Waals surface area contributed by atoms with Crippen LogP contribution in [-0.4, -0.2) is 62.4 Å². The SMILES string of the molecule is COCC(C)n1c(COc2ccccc2F)nnc1SC/C(O)=C(\C(=O)OC)c1nc2ccccc2[nH]1. The number of hydrogen-bond donors (Lipinski definition) is 2. The lowest BCUT2D eigenvalue weighted by molar-refractivity contribution is -0.133. The predicted octanol–water partition coefficient (Wildman–Crippen LogP) is 4.31. The number of para-hydroxylation sites is 3. The molecule has 0 fully saturated rings. The van der Waals surface area contributed by atoms with Crippen molar-refractivity contribution in [3.8, 4) is 5.75 Å². The Morgan fingerprint density at radius 1 is 1.16 bits per heavy atom. The highest BCUT2D eigenvalue weighted by atomic mass is 32.2. The number of thioether (sulfide) groups is 1. The summed E-state index contributed by atoms with van der Waals surface area (Å²) < 4.78 is 31.6. The van der Waals surface area contributed by atoms with E-state index in [2.05, 4.69) is 20.2 Å². The van der Waals surface area contributed by atoms with E-state index < -0.39 is 11.8 Å². The van der Waals surface area contributed by atoms with Crippen molar-refractivity contribution in [2.45, 2.75) is 24.7 Å². The van der Waals surface area contributed by atoms with E-state index in [1.807, 2.05) is 25.1 Å². The maximum Gasteiger partial charge on any atom is 0.345 e. The molecule has 0 radical (unpaired) electrons. The average molecular weight is 528 g/mol. The van der Waals surface area contributed by atoms with Crippen molar-refractivity contribution in [3.63, 3.8) is 0 Å². The molecule has 2 N–H and O–H groups in total. The second-order valence-corrected chi connectivity index (χ2v) is 8.94. The third-order valence-corrected chi connectivity index (χ3v) is 6.37. The molecule has 0 saturated carbocycles. The molecule has 194 valence electrons. The van der Waals surface area contributed by atoms with Crippen molar-refractivity contribution >= 4 is 34.3 Å². The maximum absolute atomic E-state index is 14.0. The quantitative estimate of drug-likeness (QED) is 0.127. The topological polar surface area (TPSA) is 124 Å². The molecule has 0 amide bonds. The number of aliphatic hydroxyl groups is 1. The monoisotopic (exact) mass is 527 g/mol. The number of fused-ring (bicyclic) bond motifs is 1. The number of esters is 1. The Bertz CT molecular complexity index is 1390. The van der Waals surface area contributed by atoms with Crippen LogP contribution in [0.25, 0.3) is 16.6 Å². The molecule has 0 spiro atoms. The summed E-state index contributed by atoms with van der Waals surface area (Å²) in [5.41, 5.74) is 1.28. The number of nitrogens with one attached hydrogen (secondary N) is 1. The van der Waals surface area contributed by atoms with Crippen LogP contribution in [0.2, 0.25) is 0 Å². The number of H-pyrrole nitrogens is 1. The minimum Gasteiger partial charge on any atom is -0.510 e. The van der Waals surface area contributed by atoms with Crippen molar-refractivity contribution < 1.29 is 28.5 Å². The van der Waals surface area contributed by atoms with Gasteiger partial charge in [-0.15, -0.1) is 10.2 Å². The zero-order valence-corrected chi connectivity index (χ0v) is 21.3. The number of nitrogens with zero attached hydrogens (tertiary/aromatic N) is 4. The normalized spacial score (nSPS) is 12.9. The number of rotatable bonds is 11. The number of carbonyl (C=O) groups excluding carboxylic acids is 1. The van der Waals surface area contributed by atoms with Gasteiger partial charge in [0, 0.05) is 7.11 Å². The second-order valence-electron chi connectivity index (χ2n) is 8.00. The van der Waals surface area contributed by atoms with Crippen LogP contribution in [0, 0.1) is 5.82 Å². The van der Waals surface area contributed by atoms with Crippen LogP contribution < -0.4 is 4.74 Å². The van der Waals surface area contributed by atoms with Crippen molar-refractivity contribution in [2.75, 3.05) is 26.6 Å². The fourth-order valence-electron chi connectivity index (χ4n) is 3.70. The number of aromatic nitrogens is 5. The van der Waals surface area contributed by atoms with Gasteiger partial charge in [0.05, 0.1) is 36.5 Å². The summed E-state index contributed by atoms with van der Waals surface area (Å²) in [4.78, 5) is 20.0. The van der Waals surface area contributed by atoms with Gasteiger partial charge in [0.1, 0.15) is 23.8 Å². The molecular weight excluding hydrogens is 501 g/mol. The molecule has 2 aromatic carbocycles. The van der Waals surface area contributed by atoms with Crippen molar-refractivity contribution in [1.29, 1.82) is 0 Å². The minimum atomic E-state index is -0.731. The van der Waals surface area contributed by atoms with Crippen LogP contribution in [-0.2, 0) is 20.9 Å². The predicted molar refractivity (Wildman–Crippen MR) is 136 cm³/mol. The highest BCUT2D eigenvalue weighted by Gasteiger charge is 2.24. The molecule has 2 aromatic heterocycles. The van der Waals surface area contributed by atoms with Crippen molar-refractivity contribution in [3.05, 3.63) is 71.8 Å². The third-order valence-electron chi connectivity index (χ3n) is 5.42. The number of imidazole rings is 1. The zero-order chi connectivity index (χ0) is 26.4. The lowest BCUT2D eigenvalue weighted by Gasteiger charge is -2.17. The fraction of sp³-hybridized carbons (Fsp3) is 0.280. The van der Waals surface area contributed by atoms with E-state index in [4.69, 9.17) is 14.2 Å². The molecule has 10 nitrogen and oxygen atoms in total. The molecule has 1 atom stereocenters. The maximum atomic E-state index is 14.0. The number of aromatic amines is 1. The van der Waals surface area contributed by atoms with Crippen LogP contribution in [0.3, 0.4) is 0 Å². The fourth-order valence-corrected chi connectivity index (χ4v) is 4.63. The van der Waals surface area contributed by atoms with Crippen LogP contribution >= 0.6 is 11.8 Å². The van der Waals surface area contributed by atoms with Gasteiger partial charge in [0.2, 0.25) is 0 Å². The van der Waals surface area contributed by atoms with E-state index in [1.54, 1.807) is 29.9 Å². The first-order valence-electron chi connectivity index (χ1n) is 11.3. The summed E-state index contributed by atoms with van der Waals surface area (Å²) in [6, 6.07) is 13.2. The summed E-state index contributed by atoms with van der Waals surface area (Å²) in [7, 11) is 2.81. The highest BCUT2D eigenvalue weighted by Crippen LogP contribution is 2.28. The van der Waals surface area contributed by atoms with Gasteiger partial charge in [0.15, 0.2) is 22.5 Å². The molecule has 0 aliphatic carbocycles. The summed E-state index contributed by atoms with van der Waals surface area (Å²) in [6.45, 7) is 2.23. The molecule has 4 rings (SSSR count). The van der Waals surface area contributed by atoms with Gasteiger partial charge < -0.3 is 24.3 Å². The third kappa shape index (κ3) is 5.92. The Kier molecular flexibility index (Phi) is 8.41. The Morgan fingerprint density at radius 3 is 2.65 bits per heavy atom. The van der Waals surface area contributed by atoms with E-state index in [0.29, 0.717) is 28.6 Å². The van der Waals surface area contributed by atoms with E-state index >= 15 is 0 Å². The van der Waals surface area contributed by atoms with Gasteiger partial charge in [-0.1, -0.05) is 36.0 Å². The molecule has 37 heavy (non-hydrogen) atoms. The second kappa shape index (κ2) is 11.9. The van der Waals surface area contributed by atoms with Gasteiger partial charge in [-0.3, -0.25) is 4.57 Å². The molecule has 1 unspecified atom stereocenters. The molecule has 0 aliphatic heterocycles. The Labute approximate surface area is 216 Å². The number of hydrogen-bond acceptors (Lipinski definition) is 9. The number of ether oxygens (including phenoxy) is 3. The Balaban J connectivity index is 1.60. The first kappa shape index (κ1) is 26.2. The largest absolute Gasteiger partial charge is 0.510 e. The zero-order valence-electron chi connectivity index (χ0n) is 20.5. The Morgan fingerprint density at radius 2 is 1.92 bits per heavy atom. The van der Waals surface area contributed by atoms with Crippen LogP contribution in [0.15, 0.2) is 59.4 Å². The number of benzene rings is 2. The van der Waals surface area contributed by atoms with Crippen molar-refractivity contribution in [1.82, 2.24) is 24.7 Å². The van der Waals surface area contributed by atoms with E-state index in [1.165, 1.54) is 19.2 Å². The molecule has 0 aliphatic rings. The first-order chi connectivity index (χ1) is 17.9. The summed E-state index contributed by atoms with van der Waals surface area (Å²) >= 11 is 1.16. The molecule has 2 heterocycles. The smallest absolute Gasteiger partial charge is 0.345 e. The standard InChI is InChI=1S/C25H26FN5O5S/c1-15(12-34-2)31-21(13-36-20-11-7-4-8-16(20)26)29-30-25(31)37-14-19(32)22(24(33)35-3)23-27-17-9-5-6-10-18(17)28-23/h4-11,15,32H,12-14H2,1-3H3,(H,27,28)/b22-19+. The highest BCUT2D eigenvalue weighted by molar-refractivity contribution is 7.99. The lowest BCUT2D eigenvalue weighted by Crippen LogP contribution is -2.17. The number of carbonyl (C=O) groups is 1. The van der Waals surface area contributed by atoms with Crippen LogP contribution in [0.5, 0.6) is 5.75 Å². The molecule has 4 aromatic rings. The summed E-state index contributed by atoms with van der Waals surface area (Å²) in [5, 5.41) is 19.8. The van der Waals surface area contributed by atoms with Gasteiger partial charge in [-0.2, -0.15) is 0 Å². The van der Waals surface area contributed by atoms with E-state index in [0.717, 1.165) is 11.8 Å². The van der Waals surface area contributed by atoms with Gasteiger partial charge in [-0.25, -0.2) is 14.2 Å². The van der Waals surface area contributed by atoms with Crippen LogP contribution in [0.1, 0.15) is 24.6 Å². The first-order valence-corrected chi connectivity index (χ1v) is 12.3. The number of aliphatic hydroxyl groups excluding tert-OH is 1. The molecule has 0 saturated heterocycles. The van der Waals surface area contributed by atoms with Gasteiger partial charge >= 0.3 is 5.97 Å². The summed E-state index contributed by atoms with van der Waals surface area (Å²) in [6.07, 6.45) is 0. The number of methoxy groups -OCH3 is 2. The van der Waals surface area contributed by atoms with E-state index in [-0.39, 0.29) is 41.3 Å². The van der Waals surface area contributed by atoms with Gasteiger partial charge in [-0.05, 0) is 31.2 Å².